The summed E-state index contributed by atoms with van der Waals surface area (Å²) in [5.41, 5.74) is 1.06. The number of aromatic amines is 1. The summed E-state index contributed by atoms with van der Waals surface area (Å²) in [6.07, 6.45) is 3.24. The molecule has 0 saturated heterocycles. The van der Waals surface area contributed by atoms with Gasteiger partial charge in [0.2, 0.25) is 0 Å². The second-order valence-electron chi connectivity index (χ2n) is 9.64. The van der Waals surface area contributed by atoms with Gasteiger partial charge in [-0.15, -0.1) is 16.4 Å². The molecule has 212 valence electrons. The average molecular weight is 583 g/mol. The Balaban J connectivity index is 1.45. The van der Waals surface area contributed by atoms with E-state index >= 15 is 0 Å². The molecule has 0 radical (unpaired) electrons. The van der Waals surface area contributed by atoms with Crippen LogP contribution >= 0.6 is 11.3 Å². The summed E-state index contributed by atoms with van der Waals surface area (Å²) in [4.78, 5) is 55.4. The third-order valence-electron chi connectivity index (χ3n) is 6.37. The molecular weight excluding hydrogens is 556 g/mol. The Hall–Kier alpha value is -5.49. The smallest absolute Gasteiger partial charge is 0.417 e. The first-order valence-electron chi connectivity index (χ1n) is 12.7. The van der Waals surface area contributed by atoms with Crippen molar-refractivity contribution in [1.82, 2.24) is 20.1 Å². The number of fused-ring (bicyclic) bond motifs is 1. The molecule has 2 aromatic carbocycles. The number of hydrogen-bond acceptors (Lipinski definition) is 7. The van der Waals surface area contributed by atoms with Gasteiger partial charge >= 0.3 is 6.09 Å². The van der Waals surface area contributed by atoms with Gasteiger partial charge in [-0.25, -0.2) is 4.79 Å². The molecule has 0 aliphatic heterocycles. The number of ether oxygens (including phenoxy) is 1. The van der Waals surface area contributed by atoms with E-state index in [1.54, 1.807) is 42.6 Å². The first-order valence-corrected chi connectivity index (χ1v) is 13.6. The Bertz CT molecular complexity index is 1800. The highest BCUT2D eigenvalue weighted by Crippen LogP contribution is 2.33. The predicted octanol–water partition coefficient (Wildman–Crippen LogP) is 5.72. The summed E-state index contributed by atoms with van der Waals surface area (Å²) in [5, 5.41) is 13.0. The molecule has 5 aromatic rings. The molecule has 0 aliphatic rings. The molecular formula is C30H26N6O5S. The number of H-pyrrole nitrogens is 1. The topological polar surface area (TPSA) is 147 Å². The van der Waals surface area contributed by atoms with Crippen LogP contribution in [0, 0.1) is 0 Å². The maximum absolute atomic E-state index is 13.4. The lowest BCUT2D eigenvalue weighted by Crippen LogP contribution is -2.40. The van der Waals surface area contributed by atoms with E-state index in [4.69, 9.17) is 4.74 Å². The largest absolute Gasteiger partial charge is 0.440 e. The Kier molecular flexibility index (Phi) is 7.71. The fourth-order valence-electron chi connectivity index (χ4n) is 4.25. The maximum Gasteiger partial charge on any atom is 0.440 e. The fraction of sp³-hybridized carbons (Fsp3) is 0.100. The number of carbonyl (C=O) groups excluding carboxylic acids is 4. The minimum Gasteiger partial charge on any atom is -0.417 e. The highest BCUT2D eigenvalue weighted by Gasteiger charge is 2.27. The van der Waals surface area contributed by atoms with Gasteiger partial charge in [0, 0.05) is 12.4 Å². The van der Waals surface area contributed by atoms with Gasteiger partial charge in [-0.2, -0.15) is 4.68 Å². The van der Waals surface area contributed by atoms with Crippen LogP contribution in [0.1, 0.15) is 49.8 Å². The molecule has 0 unspecified atom stereocenters. The number of para-hydroxylation sites is 1. The zero-order chi connectivity index (χ0) is 29.9. The van der Waals surface area contributed by atoms with E-state index in [-0.39, 0.29) is 27.8 Å². The minimum absolute atomic E-state index is 0.0281. The van der Waals surface area contributed by atoms with E-state index in [2.05, 4.69) is 32.6 Å². The lowest BCUT2D eigenvalue weighted by molar-refractivity contribution is 0.0915. The molecule has 0 spiro atoms. The number of nitrogens with zero attached hydrogens (tertiary/aromatic N) is 2. The molecule has 3 heterocycles. The number of rotatable bonds is 8. The number of hydrogen-bond donors (Lipinski definition) is 4. The highest BCUT2D eigenvalue weighted by atomic mass is 32.1. The van der Waals surface area contributed by atoms with Crippen LogP contribution in [-0.4, -0.2) is 38.6 Å². The van der Waals surface area contributed by atoms with Crippen molar-refractivity contribution in [2.75, 3.05) is 10.6 Å². The molecule has 11 nitrogen and oxygen atoms in total. The van der Waals surface area contributed by atoms with Crippen LogP contribution in [0.15, 0.2) is 92.0 Å². The number of anilines is 2. The first kappa shape index (κ1) is 28.1. The van der Waals surface area contributed by atoms with Crippen molar-refractivity contribution in [2.45, 2.75) is 19.4 Å². The summed E-state index contributed by atoms with van der Waals surface area (Å²) >= 11 is 1.02. The number of benzene rings is 2. The Morgan fingerprint density at radius 1 is 0.976 bits per heavy atom. The molecule has 0 aliphatic carbocycles. The van der Waals surface area contributed by atoms with E-state index in [0.29, 0.717) is 15.8 Å². The third kappa shape index (κ3) is 5.69. The summed E-state index contributed by atoms with van der Waals surface area (Å²) in [5.74, 6) is -1.34. The second-order valence-corrected chi connectivity index (χ2v) is 10.7. The number of amides is 3. The van der Waals surface area contributed by atoms with Crippen molar-refractivity contribution >= 4 is 56.9 Å². The van der Waals surface area contributed by atoms with E-state index in [9.17, 15) is 19.2 Å². The van der Waals surface area contributed by atoms with E-state index in [1.807, 2.05) is 44.2 Å². The van der Waals surface area contributed by atoms with Gasteiger partial charge in [-0.05, 0) is 43.7 Å². The normalized spacial score (nSPS) is 11.1. The molecule has 0 fully saturated rings. The SMILES string of the molecule is C=COC(=O)n1nc(NC(=O)c2ccccc2NC(=O)c2cc[nH]c2)c2cc(C(=O)NC(C)(C)c3ccccc3)sc21. The molecule has 3 amide bonds. The molecule has 3 aromatic heterocycles. The van der Waals surface area contributed by atoms with Gasteiger partial charge in [-0.1, -0.05) is 49.0 Å². The number of thiophene rings is 1. The van der Waals surface area contributed by atoms with Crippen LogP contribution in [0.25, 0.3) is 10.2 Å². The van der Waals surface area contributed by atoms with E-state index in [0.717, 1.165) is 27.8 Å². The summed E-state index contributed by atoms with van der Waals surface area (Å²) in [6.45, 7) is 7.17. The summed E-state index contributed by atoms with van der Waals surface area (Å²) in [7, 11) is 0. The van der Waals surface area contributed by atoms with E-state index in [1.165, 1.54) is 6.20 Å². The van der Waals surface area contributed by atoms with Crippen molar-refractivity contribution in [3.63, 3.8) is 0 Å². The molecule has 0 atom stereocenters. The van der Waals surface area contributed by atoms with Crippen molar-refractivity contribution in [1.29, 1.82) is 0 Å². The molecule has 0 bridgehead atoms. The lowest BCUT2D eigenvalue weighted by Gasteiger charge is -2.26. The van der Waals surface area contributed by atoms with E-state index < -0.39 is 23.4 Å². The third-order valence-corrected chi connectivity index (χ3v) is 7.48. The van der Waals surface area contributed by atoms with Gasteiger partial charge in [0.15, 0.2) is 5.82 Å². The highest BCUT2D eigenvalue weighted by molar-refractivity contribution is 7.20. The number of nitrogens with one attached hydrogen (secondary N) is 4. The van der Waals surface area contributed by atoms with Crippen LogP contribution in [0.5, 0.6) is 0 Å². The van der Waals surface area contributed by atoms with Crippen LogP contribution in [0.4, 0.5) is 16.3 Å². The van der Waals surface area contributed by atoms with Gasteiger partial charge in [0.05, 0.1) is 38.9 Å². The van der Waals surface area contributed by atoms with Gasteiger partial charge in [0.25, 0.3) is 17.7 Å². The number of aromatic nitrogens is 3. The standard InChI is InChI=1S/C30H26N6O5S/c1-4-41-29(40)36-28-21(16-23(42-28)27(39)34-30(2,3)19-10-6-5-7-11-19)24(35-36)33-26(38)20-12-8-9-13-22(20)32-25(37)18-14-15-31-17-18/h4-17,31H,1H2,2-3H3,(H,32,37)(H,34,39)(H,33,35,38). The lowest BCUT2D eigenvalue weighted by atomic mass is 9.94. The Morgan fingerprint density at radius 3 is 2.43 bits per heavy atom. The second kappa shape index (κ2) is 11.6. The minimum atomic E-state index is -0.868. The van der Waals surface area contributed by atoms with Crippen LogP contribution in [0.2, 0.25) is 0 Å². The summed E-state index contributed by atoms with van der Waals surface area (Å²) in [6, 6.07) is 19.1. The van der Waals surface area contributed by atoms with Crippen LogP contribution < -0.4 is 16.0 Å². The molecule has 0 saturated carbocycles. The van der Waals surface area contributed by atoms with Crippen LogP contribution in [0.3, 0.4) is 0 Å². The van der Waals surface area contributed by atoms with Crippen molar-refractivity contribution in [3.8, 4) is 0 Å². The zero-order valence-electron chi connectivity index (χ0n) is 22.6. The Morgan fingerprint density at radius 2 is 1.71 bits per heavy atom. The average Bonchev–Trinajstić information content (AvgIpc) is 3.72. The molecule has 42 heavy (non-hydrogen) atoms. The van der Waals surface area contributed by atoms with Crippen LogP contribution in [-0.2, 0) is 10.3 Å². The van der Waals surface area contributed by atoms with Gasteiger partial charge < -0.3 is 25.7 Å². The molecule has 5 rings (SSSR count). The number of carbonyl (C=O) groups is 4. The molecule has 12 heteroatoms. The molecule has 4 N–H and O–H groups in total. The monoisotopic (exact) mass is 582 g/mol. The maximum atomic E-state index is 13.4. The van der Waals surface area contributed by atoms with Gasteiger partial charge in [0.1, 0.15) is 4.83 Å². The summed E-state index contributed by atoms with van der Waals surface area (Å²) < 4.78 is 5.87. The zero-order valence-corrected chi connectivity index (χ0v) is 23.5. The predicted molar refractivity (Wildman–Crippen MR) is 160 cm³/mol. The fourth-order valence-corrected chi connectivity index (χ4v) is 5.25. The van der Waals surface area contributed by atoms with Crippen molar-refractivity contribution in [3.05, 3.63) is 114 Å². The van der Waals surface area contributed by atoms with Gasteiger partial charge in [-0.3, -0.25) is 14.4 Å². The van der Waals surface area contributed by atoms with Crippen molar-refractivity contribution < 1.29 is 23.9 Å². The quantitative estimate of drug-likeness (QED) is 0.172. The van der Waals surface area contributed by atoms with Crippen molar-refractivity contribution in [2.24, 2.45) is 0 Å². The Labute approximate surface area is 244 Å². The first-order chi connectivity index (χ1) is 20.2.